The Hall–Kier alpha value is -0.750. The zero-order valence-electron chi connectivity index (χ0n) is 12.2. The first kappa shape index (κ1) is 15.6. The van der Waals surface area contributed by atoms with E-state index in [-0.39, 0.29) is 18.1 Å². The predicted octanol–water partition coefficient (Wildman–Crippen LogP) is 3.76. The molecule has 0 saturated carbocycles. The number of hydrogen-bond donors (Lipinski definition) is 2. The first-order valence-corrected chi connectivity index (χ1v) is 8.55. The van der Waals surface area contributed by atoms with Crippen molar-refractivity contribution in [3.05, 3.63) is 27.9 Å². The van der Waals surface area contributed by atoms with Crippen LogP contribution in [-0.4, -0.2) is 22.7 Å². The van der Waals surface area contributed by atoms with Crippen LogP contribution in [0.4, 0.5) is 0 Å². The van der Waals surface area contributed by atoms with Crippen LogP contribution in [0.2, 0.25) is 0 Å². The van der Waals surface area contributed by atoms with Crippen LogP contribution >= 0.6 is 22.7 Å². The molecule has 0 amide bonds. The maximum Gasteiger partial charge on any atom is 0.124 e. The van der Waals surface area contributed by atoms with E-state index in [1.54, 1.807) is 22.7 Å². The second-order valence-corrected chi connectivity index (χ2v) is 8.06. The molecule has 0 bridgehead atoms. The Morgan fingerprint density at radius 2 is 2.20 bits per heavy atom. The molecule has 5 heteroatoms. The lowest BCUT2D eigenvalue weighted by Crippen LogP contribution is -2.35. The van der Waals surface area contributed by atoms with Crippen LogP contribution in [0.15, 0.2) is 23.0 Å². The summed E-state index contributed by atoms with van der Waals surface area (Å²) in [6.45, 7) is 7.52. The summed E-state index contributed by atoms with van der Waals surface area (Å²) in [7, 11) is 0. The summed E-state index contributed by atoms with van der Waals surface area (Å²) in [4.78, 5) is 5.67. The van der Waals surface area contributed by atoms with Gasteiger partial charge in [0.05, 0.1) is 6.61 Å². The van der Waals surface area contributed by atoms with E-state index in [9.17, 15) is 5.11 Å². The Morgan fingerprint density at radius 1 is 1.40 bits per heavy atom. The zero-order chi connectivity index (χ0) is 14.6. The highest BCUT2D eigenvalue weighted by atomic mass is 32.1. The number of aliphatic hydroxyl groups is 1. The fraction of sp³-hybridized carbons (Fsp3) is 0.533. The van der Waals surface area contributed by atoms with E-state index in [0.717, 1.165) is 18.0 Å². The molecule has 0 aliphatic heterocycles. The van der Waals surface area contributed by atoms with Crippen molar-refractivity contribution in [2.45, 2.75) is 39.8 Å². The number of hydrogen-bond acceptors (Lipinski definition) is 5. The van der Waals surface area contributed by atoms with Crippen molar-refractivity contribution in [1.82, 2.24) is 10.3 Å². The SMILES string of the molecule is CC(C)(C)CC(CO)NCc1cnc(-c2ccsc2)s1. The molecule has 1 atom stereocenters. The topological polar surface area (TPSA) is 45.1 Å². The molecule has 20 heavy (non-hydrogen) atoms. The van der Waals surface area contributed by atoms with E-state index in [1.807, 2.05) is 6.20 Å². The number of nitrogens with one attached hydrogen (secondary N) is 1. The minimum atomic E-state index is 0.140. The van der Waals surface area contributed by atoms with Gasteiger partial charge in [0.15, 0.2) is 0 Å². The molecule has 0 radical (unpaired) electrons. The molecule has 2 aromatic heterocycles. The molecule has 110 valence electrons. The van der Waals surface area contributed by atoms with Crippen LogP contribution in [-0.2, 0) is 6.54 Å². The number of aliphatic hydroxyl groups excluding tert-OH is 1. The second-order valence-electron chi connectivity index (χ2n) is 6.17. The molecule has 3 nitrogen and oxygen atoms in total. The average molecular weight is 310 g/mol. The molecule has 2 heterocycles. The summed E-state index contributed by atoms with van der Waals surface area (Å²) in [6.07, 6.45) is 2.88. The molecular weight excluding hydrogens is 288 g/mol. The minimum absolute atomic E-state index is 0.140. The van der Waals surface area contributed by atoms with Gasteiger partial charge in [0.2, 0.25) is 0 Å². The molecule has 2 aromatic rings. The lowest BCUT2D eigenvalue weighted by atomic mass is 9.88. The summed E-state index contributed by atoms with van der Waals surface area (Å²) >= 11 is 3.40. The first-order valence-electron chi connectivity index (χ1n) is 6.79. The highest BCUT2D eigenvalue weighted by Gasteiger charge is 2.18. The quantitative estimate of drug-likeness (QED) is 0.854. The minimum Gasteiger partial charge on any atom is -0.395 e. The Bertz CT molecular complexity index is 514. The van der Waals surface area contributed by atoms with Crippen molar-refractivity contribution in [2.24, 2.45) is 5.41 Å². The van der Waals surface area contributed by atoms with E-state index >= 15 is 0 Å². The monoisotopic (exact) mass is 310 g/mol. The number of nitrogens with zero attached hydrogens (tertiary/aromatic N) is 1. The lowest BCUT2D eigenvalue weighted by molar-refractivity contribution is 0.198. The van der Waals surface area contributed by atoms with Gasteiger partial charge < -0.3 is 10.4 Å². The third-order valence-corrected chi connectivity index (χ3v) is 4.70. The fourth-order valence-electron chi connectivity index (χ4n) is 2.09. The first-order chi connectivity index (χ1) is 9.48. The standard InChI is InChI=1S/C15H22N2OS2/c1-15(2,3)6-12(9-18)16-7-13-8-17-14(20-13)11-4-5-19-10-11/h4-5,8,10,12,16,18H,6-7,9H2,1-3H3. The number of rotatable bonds is 6. The van der Waals surface area contributed by atoms with E-state index < -0.39 is 0 Å². The van der Waals surface area contributed by atoms with Gasteiger partial charge in [-0.1, -0.05) is 20.8 Å². The van der Waals surface area contributed by atoms with Crippen LogP contribution in [0.1, 0.15) is 32.1 Å². The summed E-state index contributed by atoms with van der Waals surface area (Å²) in [6, 6.07) is 2.23. The van der Waals surface area contributed by atoms with Crippen LogP contribution in [0.3, 0.4) is 0 Å². The van der Waals surface area contributed by atoms with Crippen LogP contribution in [0.25, 0.3) is 10.6 Å². The molecule has 0 fully saturated rings. The van der Waals surface area contributed by atoms with Gasteiger partial charge in [0, 0.05) is 34.6 Å². The number of thiazole rings is 1. The van der Waals surface area contributed by atoms with Crippen molar-refractivity contribution in [2.75, 3.05) is 6.61 Å². The average Bonchev–Trinajstić information content (AvgIpc) is 3.03. The highest BCUT2D eigenvalue weighted by Crippen LogP contribution is 2.27. The van der Waals surface area contributed by atoms with Crippen molar-refractivity contribution < 1.29 is 5.11 Å². The molecule has 0 saturated heterocycles. The number of thiophene rings is 1. The van der Waals surface area contributed by atoms with Gasteiger partial charge in [-0.05, 0) is 23.3 Å². The second kappa shape index (κ2) is 6.80. The van der Waals surface area contributed by atoms with Gasteiger partial charge in [0.1, 0.15) is 5.01 Å². The molecule has 1 unspecified atom stereocenters. The van der Waals surface area contributed by atoms with Crippen molar-refractivity contribution >= 4 is 22.7 Å². The van der Waals surface area contributed by atoms with Crippen molar-refractivity contribution in [3.8, 4) is 10.6 Å². The summed E-state index contributed by atoms with van der Waals surface area (Å²) in [5.74, 6) is 0. The molecule has 0 aliphatic carbocycles. The third-order valence-electron chi connectivity index (χ3n) is 2.97. The summed E-state index contributed by atoms with van der Waals surface area (Å²) < 4.78 is 0. The summed E-state index contributed by atoms with van der Waals surface area (Å²) in [5, 5.41) is 18.1. The van der Waals surface area contributed by atoms with Gasteiger partial charge in [-0.2, -0.15) is 11.3 Å². The van der Waals surface area contributed by atoms with Crippen LogP contribution in [0, 0.1) is 5.41 Å². The normalized spacial score (nSPS) is 13.6. The van der Waals surface area contributed by atoms with E-state index in [2.05, 4.69) is 47.9 Å². The molecule has 2 rings (SSSR count). The largest absolute Gasteiger partial charge is 0.395 e. The Morgan fingerprint density at radius 3 is 2.80 bits per heavy atom. The Balaban J connectivity index is 1.90. The van der Waals surface area contributed by atoms with Crippen molar-refractivity contribution in [1.29, 1.82) is 0 Å². The number of aromatic nitrogens is 1. The van der Waals surface area contributed by atoms with Crippen LogP contribution in [0.5, 0.6) is 0 Å². The van der Waals surface area contributed by atoms with E-state index in [4.69, 9.17) is 0 Å². The highest BCUT2D eigenvalue weighted by molar-refractivity contribution is 7.15. The van der Waals surface area contributed by atoms with E-state index in [0.29, 0.717) is 0 Å². The predicted molar refractivity (Wildman–Crippen MR) is 87.2 cm³/mol. The maximum absolute atomic E-state index is 9.45. The zero-order valence-corrected chi connectivity index (χ0v) is 13.9. The van der Waals surface area contributed by atoms with Gasteiger partial charge in [-0.15, -0.1) is 11.3 Å². The fourth-order valence-corrected chi connectivity index (χ4v) is 3.67. The van der Waals surface area contributed by atoms with Crippen LogP contribution < -0.4 is 5.32 Å². The lowest BCUT2D eigenvalue weighted by Gasteiger charge is -2.25. The van der Waals surface area contributed by atoms with Gasteiger partial charge >= 0.3 is 0 Å². The molecule has 0 aromatic carbocycles. The van der Waals surface area contributed by atoms with Crippen molar-refractivity contribution in [3.63, 3.8) is 0 Å². The summed E-state index contributed by atoms with van der Waals surface area (Å²) in [5.41, 5.74) is 1.41. The van der Waals surface area contributed by atoms with Gasteiger partial charge in [0.25, 0.3) is 0 Å². The van der Waals surface area contributed by atoms with Gasteiger partial charge in [-0.25, -0.2) is 4.98 Å². The molecular formula is C15H22N2OS2. The van der Waals surface area contributed by atoms with E-state index in [1.165, 1.54) is 10.4 Å². The Labute approximate surface area is 128 Å². The Kier molecular flexibility index (Phi) is 5.32. The molecule has 0 spiro atoms. The molecule has 2 N–H and O–H groups in total. The smallest absolute Gasteiger partial charge is 0.124 e. The van der Waals surface area contributed by atoms with Gasteiger partial charge in [-0.3, -0.25) is 0 Å². The molecule has 0 aliphatic rings. The third kappa shape index (κ3) is 4.66. The maximum atomic E-state index is 9.45.